The fourth-order valence-corrected chi connectivity index (χ4v) is 2.29. The van der Waals surface area contributed by atoms with Crippen molar-refractivity contribution >= 4 is 9.84 Å². The van der Waals surface area contributed by atoms with Gasteiger partial charge in [-0.2, -0.15) is 0 Å². The van der Waals surface area contributed by atoms with Gasteiger partial charge >= 0.3 is 0 Å². The predicted octanol–water partition coefficient (Wildman–Crippen LogP) is 1.46. The third kappa shape index (κ3) is 3.40. The van der Waals surface area contributed by atoms with Crippen LogP contribution >= 0.6 is 0 Å². The number of hydrogen-bond donors (Lipinski definition) is 0. The van der Waals surface area contributed by atoms with Gasteiger partial charge in [-0.25, -0.2) is 8.42 Å². The lowest BCUT2D eigenvalue weighted by atomic mass is 10.3. The van der Waals surface area contributed by atoms with E-state index in [-0.39, 0.29) is 17.1 Å². The summed E-state index contributed by atoms with van der Waals surface area (Å²) in [5.74, 6) is -0.346. The normalized spacial score (nSPS) is 12.7. The van der Waals surface area contributed by atoms with Crippen LogP contribution in [-0.2, 0) is 9.84 Å². The van der Waals surface area contributed by atoms with Crippen LogP contribution in [0.15, 0.2) is 46.4 Å². The van der Waals surface area contributed by atoms with Crippen molar-refractivity contribution in [2.24, 2.45) is 0 Å². The standard InChI is InChI=1S/C11H14O3S/c1-2-6-10(12)9-15(13,14)11-7-4-3-5-8-11/h3-5,7-9,12H,2,6H2,1H3/p-1/b10-9-. The second kappa shape index (κ2) is 4.98. The van der Waals surface area contributed by atoms with E-state index in [0.717, 1.165) is 5.41 Å². The van der Waals surface area contributed by atoms with Crippen molar-refractivity contribution in [3.63, 3.8) is 0 Å². The molecule has 4 heteroatoms. The molecule has 0 aliphatic heterocycles. The Morgan fingerprint density at radius 3 is 2.47 bits per heavy atom. The summed E-state index contributed by atoms with van der Waals surface area (Å²) in [6.07, 6.45) is 0.922. The van der Waals surface area contributed by atoms with Gasteiger partial charge in [0.15, 0.2) is 9.84 Å². The van der Waals surface area contributed by atoms with Gasteiger partial charge in [0.25, 0.3) is 0 Å². The molecule has 0 amide bonds. The van der Waals surface area contributed by atoms with Gasteiger partial charge in [0, 0.05) is 5.41 Å². The van der Waals surface area contributed by atoms with E-state index in [9.17, 15) is 13.5 Å². The molecule has 0 spiro atoms. The highest BCUT2D eigenvalue weighted by Crippen LogP contribution is 2.13. The Balaban J connectivity index is 3.00. The molecule has 82 valence electrons. The highest BCUT2D eigenvalue weighted by molar-refractivity contribution is 7.94. The maximum Gasteiger partial charge on any atom is 0.198 e. The molecule has 0 unspecified atom stereocenters. The van der Waals surface area contributed by atoms with Gasteiger partial charge < -0.3 is 5.11 Å². The van der Waals surface area contributed by atoms with E-state index in [1.54, 1.807) is 18.2 Å². The zero-order valence-electron chi connectivity index (χ0n) is 8.51. The minimum Gasteiger partial charge on any atom is -0.875 e. The SMILES string of the molecule is CCC/C([O-])=C/S(=O)(=O)c1ccccc1. The fraction of sp³-hybridized carbons (Fsp3) is 0.273. The van der Waals surface area contributed by atoms with Crippen LogP contribution in [0.2, 0.25) is 0 Å². The summed E-state index contributed by atoms with van der Waals surface area (Å²) in [5.41, 5.74) is 0. The van der Waals surface area contributed by atoms with Crippen molar-refractivity contribution < 1.29 is 13.5 Å². The summed E-state index contributed by atoms with van der Waals surface area (Å²) in [7, 11) is -3.56. The second-order valence-electron chi connectivity index (χ2n) is 3.19. The molecule has 1 aromatic carbocycles. The molecule has 0 heterocycles. The van der Waals surface area contributed by atoms with Gasteiger partial charge in [-0.3, -0.25) is 0 Å². The van der Waals surface area contributed by atoms with Crippen molar-refractivity contribution in [1.82, 2.24) is 0 Å². The first-order chi connectivity index (χ1) is 7.06. The quantitative estimate of drug-likeness (QED) is 0.729. The van der Waals surface area contributed by atoms with Gasteiger partial charge in [-0.1, -0.05) is 31.5 Å². The average Bonchev–Trinajstić information content (AvgIpc) is 2.18. The first kappa shape index (κ1) is 11.8. The van der Waals surface area contributed by atoms with Crippen LogP contribution in [0.1, 0.15) is 19.8 Å². The molecule has 3 nitrogen and oxygen atoms in total. The molecule has 15 heavy (non-hydrogen) atoms. The van der Waals surface area contributed by atoms with E-state index in [1.807, 2.05) is 6.92 Å². The maximum atomic E-state index is 11.6. The fourth-order valence-electron chi connectivity index (χ4n) is 1.16. The molecular weight excluding hydrogens is 212 g/mol. The Bertz CT molecular complexity index is 432. The Morgan fingerprint density at radius 2 is 1.93 bits per heavy atom. The molecule has 1 aromatic rings. The van der Waals surface area contributed by atoms with E-state index in [4.69, 9.17) is 0 Å². The molecule has 1 rings (SSSR count). The first-order valence-electron chi connectivity index (χ1n) is 4.74. The monoisotopic (exact) mass is 225 g/mol. The largest absolute Gasteiger partial charge is 0.875 e. The predicted molar refractivity (Wildman–Crippen MR) is 56.6 cm³/mol. The highest BCUT2D eigenvalue weighted by Gasteiger charge is 2.08. The van der Waals surface area contributed by atoms with E-state index in [2.05, 4.69) is 0 Å². The third-order valence-corrected chi connectivity index (χ3v) is 3.36. The zero-order chi connectivity index (χ0) is 11.3. The zero-order valence-corrected chi connectivity index (χ0v) is 9.33. The molecule has 0 fully saturated rings. The minimum atomic E-state index is -3.56. The lowest BCUT2D eigenvalue weighted by Crippen LogP contribution is -2.07. The molecule has 0 aliphatic carbocycles. The molecular formula is C11H13O3S-. The van der Waals surface area contributed by atoms with Gasteiger partial charge in [-0.05, 0) is 18.6 Å². The van der Waals surface area contributed by atoms with Crippen molar-refractivity contribution in [2.75, 3.05) is 0 Å². The molecule has 0 bridgehead atoms. The van der Waals surface area contributed by atoms with E-state index >= 15 is 0 Å². The number of benzene rings is 1. The van der Waals surface area contributed by atoms with E-state index in [1.165, 1.54) is 12.1 Å². The lowest BCUT2D eigenvalue weighted by Gasteiger charge is -2.09. The lowest BCUT2D eigenvalue weighted by molar-refractivity contribution is -0.306. The summed E-state index contributed by atoms with van der Waals surface area (Å²) in [6.45, 7) is 1.83. The Kier molecular flexibility index (Phi) is 3.91. The summed E-state index contributed by atoms with van der Waals surface area (Å²) in [5, 5.41) is 12.0. The van der Waals surface area contributed by atoms with Crippen molar-refractivity contribution in [3.8, 4) is 0 Å². The van der Waals surface area contributed by atoms with Crippen LogP contribution in [-0.4, -0.2) is 8.42 Å². The van der Waals surface area contributed by atoms with Crippen molar-refractivity contribution in [2.45, 2.75) is 24.7 Å². The van der Waals surface area contributed by atoms with Crippen LogP contribution in [0.25, 0.3) is 0 Å². The Labute approximate surface area is 90.0 Å². The number of allylic oxidation sites excluding steroid dienone is 1. The number of sulfone groups is 1. The molecule has 0 saturated carbocycles. The molecule has 0 aromatic heterocycles. The maximum absolute atomic E-state index is 11.6. The number of hydrogen-bond acceptors (Lipinski definition) is 3. The first-order valence-corrected chi connectivity index (χ1v) is 6.28. The average molecular weight is 225 g/mol. The topological polar surface area (TPSA) is 57.2 Å². The van der Waals surface area contributed by atoms with Gasteiger partial charge in [0.2, 0.25) is 0 Å². The molecule has 0 aliphatic rings. The van der Waals surface area contributed by atoms with Crippen LogP contribution in [0.5, 0.6) is 0 Å². The van der Waals surface area contributed by atoms with Crippen molar-refractivity contribution in [1.29, 1.82) is 0 Å². The summed E-state index contributed by atoms with van der Waals surface area (Å²) in [6, 6.07) is 7.94. The summed E-state index contributed by atoms with van der Waals surface area (Å²) in [4.78, 5) is 0.162. The van der Waals surface area contributed by atoms with Crippen LogP contribution < -0.4 is 5.11 Å². The minimum absolute atomic E-state index is 0.162. The van der Waals surface area contributed by atoms with Gasteiger partial charge in [-0.15, -0.1) is 5.76 Å². The van der Waals surface area contributed by atoms with E-state index < -0.39 is 9.84 Å². The molecule has 0 N–H and O–H groups in total. The summed E-state index contributed by atoms with van der Waals surface area (Å²) >= 11 is 0. The smallest absolute Gasteiger partial charge is 0.198 e. The summed E-state index contributed by atoms with van der Waals surface area (Å²) < 4.78 is 23.3. The van der Waals surface area contributed by atoms with Crippen molar-refractivity contribution in [3.05, 3.63) is 41.5 Å². The molecule has 0 atom stereocenters. The highest BCUT2D eigenvalue weighted by atomic mass is 32.2. The second-order valence-corrected chi connectivity index (χ2v) is 4.99. The van der Waals surface area contributed by atoms with E-state index in [0.29, 0.717) is 6.42 Å². The molecule has 0 saturated heterocycles. The Hall–Kier alpha value is -1.29. The van der Waals surface area contributed by atoms with Crippen LogP contribution in [0.3, 0.4) is 0 Å². The Morgan fingerprint density at radius 1 is 1.33 bits per heavy atom. The van der Waals surface area contributed by atoms with Gasteiger partial charge in [0.1, 0.15) is 0 Å². The third-order valence-electron chi connectivity index (χ3n) is 1.85. The molecule has 0 radical (unpaired) electrons. The number of rotatable bonds is 4. The van der Waals surface area contributed by atoms with Crippen LogP contribution in [0, 0.1) is 0 Å². The van der Waals surface area contributed by atoms with Crippen LogP contribution in [0.4, 0.5) is 0 Å². The van der Waals surface area contributed by atoms with Gasteiger partial charge in [0.05, 0.1) is 4.90 Å².